The molecule has 0 radical (unpaired) electrons. The largest absolute Gasteiger partial charge is 0.416 e. The van der Waals surface area contributed by atoms with E-state index in [2.05, 4.69) is 10.3 Å². The lowest BCUT2D eigenvalue weighted by Crippen LogP contribution is -2.07. The maximum atomic E-state index is 12.7. The Balaban J connectivity index is 2.64. The molecule has 0 aliphatic rings. The fourth-order valence-corrected chi connectivity index (χ4v) is 3.10. The van der Waals surface area contributed by atoms with Crippen molar-refractivity contribution in [3.63, 3.8) is 0 Å². The Bertz CT molecular complexity index is 782. The van der Waals surface area contributed by atoms with Gasteiger partial charge in [0, 0.05) is 12.5 Å². The number of hydrogen-bond donors (Lipinski definition) is 1. The molecule has 2 rings (SSSR count). The van der Waals surface area contributed by atoms with Crippen LogP contribution in [0, 0.1) is 0 Å². The van der Waals surface area contributed by atoms with Gasteiger partial charge in [-0.05, 0) is 12.1 Å². The summed E-state index contributed by atoms with van der Waals surface area (Å²) in [7, 11) is -1.48. The minimum atomic E-state index is -4.60. The molecule has 0 saturated carbocycles. The van der Waals surface area contributed by atoms with Crippen LogP contribution in [0.4, 0.5) is 13.2 Å². The summed E-state index contributed by atoms with van der Waals surface area (Å²) in [4.78, 5) is 0.204. The Morgan fingerprint density at radius 3 is 2.35 bits per heavy atom. The molecule has 1 aromatic heterocycles. The monoisotopic (exact) mass is 385 g/mol. The standard InChI is InChI=1S/C12H8Cl2F3N3O2S/c1-23(22)10-5-20(19-9(10)4-18-21)11-7(13)2-6(3-8(11)14)12(15,16)17/h2-5,21H,1H3/b18-4+. The number of halogens is 5. The van der Waals surface area contributed by atoms with Gasteiger partial charge < -0.3 is 5.21 Å². The maximum absolute atomic E-state index is 12.7. The van der Waals surface area contributed by atoms with E-state index in [0.29, 0.717) is 12.1 Å². The van der Waals surface area contributed by atoms with Crippen LogP contribution >= 0.6 is 23.2 Å². The van der Waals surface area contributed by atoms with Crippen LogP contribution in [0.3, 0.4) is 0 Å². The highest BCUT2D eigenvalue weighted by atomic mass is 35.5. The zero-order valence-corrected chi connectivity index (χ0v) is 13.6. The first-order valence-electron chi connectivity index (χ1n) is 5.82. The van der Waals surface area contributed by atoms with Gasteiger partial charge in [0.15, 0.2) is 0 Å². The molecule has 11 heteroatoms. The van der Waals surface area contributed by atoms with Crippen LogP contribution < -0.4 is 0 Å². The highest BCUT2D eigenvalue weighted by Crippen LogP contribution is 2.37. The van der Waals surface area contributed by atoms with Crippen LogP contribution in [0.1, 0.15) is 11.3 Å². The molecule has 0 spiro atoms. The normalized spacial score (nSPS) is 13.7. The first-order valence-corrected chi connectivity index (χ1v) is 8.13. The van der Waals surface area contributed by atoms with Crippen LogP contribution in [0.15, 0.2) is 28.4 Å². The third-order valence-corrected chi connectivity index (χ3v) is 4.28. The van der Waals surface area contributed by atoms with Crippen molar-refractivity contribution in [3.05, 3.63) is 39.6 Å². The second kappa shape index (κ2) is 6.50. The van der Waals surface area contributed by atoms with E-state index in [1.807, 2.05) is 0 Å². The first-order chi connectivity index (χ1) is 10.6. The minimum absolute atomic E-state index is 0.00868. The number of hydrogen-bond acceptors (Lipinski definition) is 4. The van der Waals surface area contributed by atoms with Gasteiger partial charge in [0.1, 0.15) is 11.4 Å². The molecule has 0 saturated heterocycles. The van der Waals surface area contributed by atoms with Crippen molar-refractivity contribution in [2.45, 2.75) is 11.1 Å². The molecule has 0 amide bonds. The highest BCUT2D eigenvalue weighted by molar-refractivity contribution is 7.84. The van der Waals surface area contributed by atoms with E-state index in [-0.39, 0.29) is 26.3 Å². The van der Waals surface area contributed by atoms with Gasteiger partial charge in [-0.25, -0.2) is 4.68 Å². The van der Waals surface area contributed by atoms with Crippen LogP contribution in [0.25, 0.3) is 5.69 Å². The van der Waals surface area contributed by atoms with Crippen molar-refractivity contribution in [1.29, 1.82) is 0 Å². The predicted molar refractivity (Wildman–Crippen MR) is 80.3 cm³/mol. The van der Waals surface area contributed by atoms with E-state index in [4.69, 9.17) is 28.4 Å². The molecule has 23 heavy (non-hydrogen) atoms. The zero-order chi connectivity index (χ0) is 17.4. The van der Waals surface area contributed by atoms with Crippen LogP contribution in [0.2, 0.25) is 10.0 Å². The average molecular weight is 386 g/mol. The third-order valence-electron chi connectivity index (χ3n) is 2.77. The lowest BCUT2D eigenvalue weighted by molar-refractivity contribution is -0.137. The van der Waals surface area contributed by atoms with Crippen LogP contribution in [0.5, 0.6) is 0 Å². The van der Waals surface area contributed by atoms with Crippen molar-refractivity contribution < 1.29 is 22.6 Å². The smallest absolute Gasteiger partial charge is 0.411 e. The lowest BCUT2D eigenvalue weighted by atomic mass is 10.2. The summed E-state index contributed by atoms with van der Waals surface area (Å²) in [5.41, 5.74) is -0.939. The fourth-order valence-electron chi connectivity index (χ4n) is 1.80. The minimum Gasteiger partial charge on any atom is -0.411 e. The fraction of sp³-hybridized carbons (Fsp3) is 0.167. The number of alkyl halides is 3. The molecule has 1 atom stereocenters. The molecule has 5 nitrogen and oxygen atoms in total. The van der Waals surface area contributed by atoms with Gasteiger partial charge in [0.2, 0.25) is 0 Å². The Morgan fingerprint density at radius 1 is 1.35 bits per heavy atom. The van der Waals surface area contributed by atoms with Gasteiger partial charge >= 0.3 is 6.18 Å². The van der Waals surface area contributed by atoms with Crippen LogP contribution in [-0.2, 0) is 17.0 Å². The zero-order valence-electron chi connectivity index (χ0n) is 11.3. The number of oxime groups is 1. The Labute approximate surface area is 140 Å². The van der Waals surface area contributed by atoms with Crippen molar-refractivity contribution in [3.8, 4) is 5.69 Å². The number of aromatic nitrogens is 2. The van der Waals surface area contributed by atoms with Gasteiger partial charge in [0.25, 0.3) is 0 Å². The van der Waals surface area contributed by atoms with E-state index in [0.717, 1.165) is 10.9 Å². The van der Waals surface area contributed by atoms with E-state index in [1.165, 1.54) is 12.5 Å². The summed E-state index contributed by atoms with van der Waals surface area (Å²) in [6.07, 6.45) is -1.00. The predicted octanol–water partition coefficient (Wildman–Crippen LogP) is 3.74. The molecular weight excluding hydrogens is 378 g/mol. The summed E-state index contributed by atoms with van der Waals surface area (Å²) >= 11 is 11.8. The van der Waals surface area contributed by atoms with E-state index >= 15 is 0 Å². The van der Waals surface area contributed by atoms with Crippen LogP contribution in [-0.4, -0.2) is 31.7 Å². The van der Waals surface area contributed by atoms with E-state index in [9.17, 15) is 17.4 Å². The van der Waals surface area contributed by atoms with Gasteiger partial charge in [-0.1, -0.05) is 28.4 Å². The first kappa shape index (κ1) is 17.8. The molecule has 1 heterocycles. The highest BCUT2D eigenvalue weighted by Gasteiger charge is 2.32. The van der Waals surface area contributed by atoms with Crippen molar-refractivity contribution in [1.82, 2.24) is 9.78 Å². The third kappa shape index (κ3) is 3.67. The topological polar surface area (TPSA) is 67.5 Å². The van der Waals surface area contributed by atoms with Gasteiger partial charge in [-0.2, -0.15) is 18.3 Å². The Kier molecular flexibility index (Phi) is 5.02. The second-order valence-corrected chi connectivity index (χ2v) is 6.47. The summed E-state index contributed by atoms with van der Waals surface area (Å²) < 4.78 is 50.9. The van der Waals surface area contributed by atoms with Gasteiger partial charge in [-0.3, -0.25) is 4.21 Å². The molecule has 1 N–H and O–H groups in total. The summed E-state index contributed by atoms with van der Waals surface area (Å²) in [5.74, 6) is 0. The van der Waals surface area contributed by atoms with Gasteiger partial charge in [0.05, 0.1) is 37.5 Å². The molecule has 0 fully saturated rings. The number of benzene rings is 1. The molecule has 0 bridgehead atoms. The van der Waals surface area contributed by atoms with Crippen molar-refractivity contribution in [2.24, 2.45) is 5.16 Å². The molecule has 0 aliphatic carbocycles. The molecule has 2 aromatic rings. The molecule has 0 aliphatic heterocycles. The average Bonchev–Trinajstić information content (AvgIpc) is 2.81. The SMILES string of the molecule is CS(=O)c1cn(-c2c(Cl)cc(C(F)(F)F)cc2Cl)nc1/C=N/O. The summed E-state index contributed by atoms with van der Waals surface area (Å²) in [6, 6.07) is 1.43. The van der Waals surface area contributed by atoms with E-state index in [1.54, 1.807) is 0 Å². The Hall–Kier alpha value is -1.58. The van der Waals surface area contributed by atoms with Gasteiger partial charge in [-0.15, -0.1) is 0 Å². The number of rotatable bonds is 3. The molecule has 1 aromatic carbocycles. The van der Waals surface area contributed by atoms with Crippen molar-refractivity contribution in [2.75, 3.05) is 6.26 Å². The lowest BCUT2D eigenvalue weighted by Gasteiger charge is -2.12. The Morgan fingerprint density at radius 2 is 1.91 bits per heavy atom. The maximum Gasteiger partial charge on any atom is 0.416 e. The molecular formula is C12H8Cl2F3N3O2S. The summed E-state index contributed by atoms with van der Waals surface area (Å²) in [6.45, 7) is 0. The quantitative estimate of drug-likeness (QED) is 0.497. The molecule has 124 valence electrons. The molecule has 1 unspecified atom stereocenters. The van der Waals surface area contributed by atoms with Crippen molar-refractivity contribution >= 4 is 40.2 Å². The van der Waals surface area contributed by atoms with E-state index < -0.39 is 22.5 Å². The summed E-state index contributed by atoms with van der Waals surface area (Å²) in [5, 5.41) is 14.8. The number of nitrogens with zero attached hydrogens (tertiary/aromatic N) is 3. The second-order valence-electron chi connectivity index (χ2n) is 4.31.